The van der Waals surface area contributed by atoms with Gasteiger partial charge in [0.2, 0.25) is 0 Å². The van der Waals surface area contributed by atoms with Crippen LogP contribution in [0.25, 0.3) is 0 Å². The van der Waals surface area contributed by atoms with Crippen molar-refractivity contribution >= 4 is 5.78 Å². The second-order valence-electron chi connectivity index (χ2n) is 2.75. The number of ketones is 1. The summed E-state index contributed by atoms with van der Waals surface area (Å²) in [5.41, 5.74) is 3.29. The van der Waals surface area contributed by atoms with E-state index in [0.29, 0.717) is 6.42 Å². The first-order valence-electron chi connectivity index (χ1n) is 3.49. The molecule has 1 aliphatic rings. The fourth-order valence-electron chi connectivity index (χ4n) is 1.49. The van der Waals surface area contributed by atoms with Crippen molar-refractivity contribution in [3.63, 3.8) is 0 Å². The van der Waals surface area contributed by atoms with Crippen molar-refractivity contribution < 1.29 is 4.79 Å². The van der Waals surface area contributed by atoms with E-state index < -0.39 is 0 Å². The zero-order chi connectivity index (χ0) is 7.14. The largest absolute Gasteiger partial charge is 0.358 e. The monoisotopic (exact) mass is 135 g/mol. The number of rotatable bonds is 0. The highest BCUT2D eigenvalue weighted by molar-refractivity contribution is 5.99. The van der Waals surface area contributed by atoms with E-state index in [2.05, 4.69) is 4.98 Å². The lowest BCUT2D eigenvalue weighted by atomic mass is 10.2. The molecule has 0 radical (unpaired) electrons. The van der Waals surface area contributed by atoms with E-state index in [1.807, 2.05) is 13.1 Å². The van der Waals surface area contributed by atoms with Gasteiger partial charge in [-0.1, -0.05) is 0 Å². The molecule has 2 nitrogen and oxygen atoms in total. The molecule has 1 N–H and O–H groups in total. The second kappa shape index (κ2) is 1.72. The molecular weight excluding hydrogens is 126 g/mol. The topological polar surface area (TPSA) is 32.9 Å². The minimum Gasteiger partial charge on any atom is -0.358 e. The van der Waals surface area contributed by atoms with Crippen LogP contribution >= 0.6 is 0 Å². The number of nitrogens with one attached hydrogen (secondary N) is 1. The van der Waals surface area contributed by atoms with Crippen molar-refractivity contribution in [2.45, 2.75) is 19.8 Å². The number of H-pyrrole nitrogens is 1. The molecule has 2 heteroatoms. The van der Waals surface area contributed by atoms with E-state index in [-0.39, 0.29) is 5.78 Å². The Bertz CT molecular complexity index is 285. The average Bonchev–Trinajstić information content (AvgIpc) is 2.41. The van der Waals surface area contributed by atoms with Gasteiger partial charge in [0.25, 0.3) is 0 Å². The van der Waals surface area contributed by atoms with E-state index >= 15 is 0 Å². The first kappa shape index (κ1) is 5.71. The molecule has 0 saturated carbocycles. The van der Waals surface area contributed by atoms with Crippen molar-refractivity contribution in [1.82, 2.24) is 4.98 Å². The molecule has 0 aromatic carbocycles. The number of aromatic amines is 1. The lowest BCUT2D eigenvalue weighted by molar-refractivity contribution is 0.0990. The molecule has 0 bridgehead atoms. The summed E-state index contributed by atoms with van der Waals surface area (Å²) in [4.78, 5) is 14.0. The molecule has 0 aliphatic heterocycles. The summed E-state index contributed by atoms with van der Waals surface area (Å²) in [6, 6.07) is 0. The molecule has 1 aromatic heterocycles. The maximum atomic E-state index is 11.0. The molecule has 1 aromatic rings. The molecule has 0 saturated heterocycles. The third-order valence-corrected chi connectivity index (χ3v) is 2.09. The minimum absolute atomic E-state index is 0.267. The van der Waals surface area contributed by atoms with Crippen molar-refractivity contribution in [3.05, 3.63) is 23.0 Å². The molecule has 1 heterocycles. The number of fused-ring (bicyclic) bond motifs is 1. The fraction of sp³-hybridized carbons (Fsp3) is 0.375. The number of hydrogen-bond donors (Lipinski definition) is 1. The number of Topliss-reactive ketones (excluding diaryl/α,β-unsaturated/α-hetero) is 1. The zero-order valence-electron chi connectivity index (χ0n) is 5.90. The van der Waals surface area contributed by atoms with E-state index in [1.54, 1.807) is 0 Å². The summed E-state index contributed by atoms with van der Waals surface area (Å²) in [5.74, 6) is 0.267. The Morgan fingerprint density at radius 3 is 3.00 bits per heavy atom. The van der Waals surface area contributed by atoms with Crippen LogP contribution in [0.2, 0.25) is 0 Å². The highest BCUT2D eigenvalue weighted by Gasteiger charge is 2.21. The molecule has 10 heavy (non-hydrogen) atoms. The van der Waals surface area contributed by atoms with Crippen molar-refractivity contribution in [3.8, 4) is 0 Å². The van der Waals surface area contributed by atoms with Crippen molar-refractivity contribution in [2.24, 2.45) is 0 Å². The smallest absolute Gasteiger partial charge is 0.179 e. The summed E-state index contributed by atoms with van der Waals surface area (Å²) in [6.07, 6.45) is 3.54. The first-order valence-corrected chi connectivity index (χ1v) is 3.49. The maximum absolute atomic E-state index is 11.0. The van der Waals surface area contributed by atoms with Gasteiger partial charge in [0, 0.05) is 12.6 Å². The predicted octanol–water partition coefficient (Wildman–Crippen LogP) is 1.45. The fourth-order valence-corrected chi connectivity index (χ4v) is 1.49. The van der Waals surface area contributed by atoms with E-state index in [0.717, 1.165) is 12.1 Å². The van der Waals surface area contributed by atoms with Gasteiger partial charge in [-0.3, -0.25) is 4.79 Å². The molecule has 0 spiro atoms. The van der Waals surface area contributed by atoms with Gasteiger partial charge in [-0.25, -0.2) is 0 Å². The highest BCUT2D eigenvalue weighted by atomic mass is 16.1. The standard InChI is InChI=1S/C8H9NO/c1-5-4-9-8-6(5)2-3-7(8)10/h4,9H,2-3H2,1H3. The van der Waals surface area contributed by atoms with Gasteiger partial charge in [-0.2, -0.15) is 0 Å². The number of aromatic nitrogens is 1. The quantitative estimate of drug-likeness (QED) is 0.573. The minimum atomic E-state index is 0.267. The number of carbonyl (C=O) groups is 1. The first-order chi connectivity index (χ1) is 4.79. The van der Waals surface area contributed by atoms with Crippen LogP contribution in [0.1, 0.15) is 28.0 Å². The molecule has 2 rings (SSSR count). The summed E-state index contributed by atoms with van der Waals surface area (Å²) >= 11 is 0. The Morgan fingerprint density at radius 1 is 1.50 bits per heavy atom. The van der Waals surface area contributed by atoms with Crippen molar-refractivity contribution in [1.29, 1.82) is 0 Å². The van der Waals surface area contributed by atoms with Crippen LogP contribution in [0.15, 0.2) is 6.20 Å². The summed E-state index contributed by atoms with van der Waals surface area (Å²) in [7, 11) is 0. The molecular formula is C8H9NO. The lowest BCUT2D eigenvalue weighted by Crippen LogP contribution is -1.90. The number of aryl methyl sites for hydroxylation is 1. The average molecular weight is 135 g/mol. The third-order valence-electron chi connectivity index (χ3n) is 2.09. The Kier molecular flexibility index (Phi) is 0.982. The SMILES string of the molecule is Cc1c[nH]c2c1CCC2=O. The summed E-state index contributed by atoms with van der Waals surface area (Å²) in [6.45, 7) is 2.04. The third kappa shape index (κ3) is 0.561. The molecule has 0 unspecified atom stereocenters. The van der Waals surface area contributed by atoms with Crippen LogP contribution in [0.4, 0.5) is 0 Å². The highest BCUT2D eigenvalue weighted by Crippen LogP contribution is 2.23. The zero-order valence-corrected chi connectivity index (χ0v) is 5.90. The van der Waals surface area contributed by atoms with E-state index in [4.69, 9.17) is 0 Å². The molecule has 0 amide bonds. The number of carbonyl (C=O) groups excluding carboxylic acids is 1. The van der Waals surface area contributed by atoms with Gasteiger partial charge < -0.3 is 4.98 Å². The lowest BCUT2D eigenvalue weighted by Gasteiger charge is -1.86. The van der Waals surface area contributed by atoms with Gasteiger partial charge in [0.15, 0.2) is 5.78 Å². The van der Waals surface area contributed by atoms with Gasteiger partial charge in [-0.05, 0) is 24.5 Å². The van der Waals surface area contributed by atoms with Gasteiger partial charge in [-0.15, -0.1) is 0 Å². The molecule has 0 atom stereocenters. The summed E-state index contributed by atoms with van der Waals surface area (Å²) < 4.78 is 0. The van der Waals surface area contributed by atoms with Gasteiger partial charge in [0.1, 0.15) is 0 Å². The van der Waals surface area contributed by atoms with Gasteiger partial charge >= 0.3 is 0 Å². The Labute approximate surface area is 59.3 Å². The van der Waals surface area contributed by atoms with Crippen LogP contribution in [0.3, 0.4) is 0 Å². The molecule has 1 aliphatic carbocycles. The normalized spacial score (nSPS) is 15.9. The predicted molar refractivity (Wildman–Crippen MR) is 38.2 cm³/mol. The van der Waals surface area contributed by atoms with Crippen LogP contribution in [-0.2, 0) is 6.42 Å². The second-order valence-corrected chi connectivity index (χ2v) is 2.75. The Hall–Kier alpha value is -1.05. The van der Waals surface area contributed by atoms with Crippen LogP contribution < -0.4 is 0 Å². The van der Waals surface area contributed by atoms with Gasteiger partial charge in [0.05, 0.1) is 5.69 Å². The number of hydrogen-bond acceptors (Lipinski definition) is 1. The Balaban J connectivity index is 2.63. The molecule has 0 fully saturated rings. The Morgan fingerprint density at radius 2 is 2.30 bits per heavy atom. The summed E-state index contributed by atoms with van der Waals surface area (Å²) in [5, 5.41) is 0. The van der Waals surface area contributed by atoms with Crippen LogP contribution in [-0.4, -0.2) is 10.8 Å². The maximum Gasteiger partial charge on any atom is 0.179 e. The molecule has 52 valence electrons. The van der Waals surface area contributed by atoms with E-state index in [9.17, 15) is 4.79 Å². The van der Waals surface area contributed by atoms with Crippen LogP contribution in [0.5, 0.6) is 0 Å². The van der Waals surface area contributed by atoms with Crippen molar-refractivity contribution in [2.75, 3.05) is 0 Å². The van der Waals surface area contributed by atoms with Crippen LogP contribution in [0, 0.1) is 6.92 Å². The van der Waals surface area contributed by atoms with E-state index in [1.165, 1.54) is 11.1 Å².